The number of allylic oxidation sites excluding steroid dienone is 8. The number of hydrogen-bond donors (Lipinski definition) is 4. The number of ether oxygens (including phenoxy) is 3. The number of carbonyl (C=O) groups is 4. The van der Waals surface area contributed by atoms with E-state index in [1.807, 2.05) is 47.6 Å². The molecule has 69 heavy (non-hydrogen) atoms. The van der Waals surface area contributed by atoms with Gasteiger partial charge < -0.3 is 34.6 Å². The van der Waals surface area contributed by atoms with E-state index in [0.29, 0.717) is 24.9 Å². The maximum atomic E-state index is 11.6. The van der Waals surface area contributed by atoms with Gasteiger partial charge >= 0.3 is 23.9 Å². The SMILES string of the molecule is C.C.C.C.C.C.C.C.C.C.C=CC(C)CC.CC(C)=C(C)CC(O)COC(=O)CC(=O)OCC(O)CC(C)=C(C)C.CC(C)=C(C)CC1CO1.CC/C=C/CC.CC/C=C\CC.O=C(O)CC(=O)O. The molecule has 4 unspecified atom stereocenters. The lowest BCUT2D eigenvalue weighted by Gasteiger charge is -2.14. The summed E-state index contributed by atoms with van der Waals surface area (Å²) in [5, 5.41) is 35.0. The van der Waals surface area contributed by atoms with Crippen molar-refractivity contribution in [2.75, 3.05) is 19.8 Å². The van der Waals surface area contributed by atoms with Crippen LogP contribution in [0.5, 0.6) is 0 Å². The Hall–Kier alpha value is -3.80. The molecule has 0 aromatic carbocycles. The molecule has 0 radical (unpaired) electrons. The maximum absolute atomic E-state index is 11.6. The highest BCUT2D eigenvalue weighted by Gasteiger charge is 2.22. The summed E-state index contributed by atoms with van der Waals surface area (Å²) < 4.78 is 14.8. The highest BCUT2D eigenvalue weighted by Crippen LogP contribution is 2.20. The molecule has 0 saturated carbocycles. The van der Waals surface area contributed by atoms with Crippen LogP contribution in [0.1, 0.15) is 242 Å². The maximum Gasteiger partial charge on any atom is 0.317 e. The van der Waals surface area contributed by atoms with Crippen LogP contribution in [0.2, 0.25) is 0 Å². The molecule has 424 valence electrons. The van der Waals surface area contributed by atoms with Crippen LogP contribution in [-0.2, 0) is 33.4 Å². The van der Waals surface area contributed by atoms with Gasteiger partial charge in [0.1, 0.15) is 26.1 Å². The smallest absolute Gasteiger partial charge is 0.317 e. The van der Waals surface area contributed by atoms with E-state index in [-0.39, 0.29) is 87.5 Å². The van der Waals surface area contributed by atoms with E-state index in [4.69, 9.17) is 24.4 Å². The lowest BCUT2D eigenvalue weighted by molar-refractivity contribution is -0.158. The van der Waals surface area contributed by atoms with E-state index in [0.717, 1.165) is 35.3 Å². The zero-order valence-corrected chi connectivity index (χ0v) is 39.7. The van der Waals surface area contributed by atoms with Crippen molar-refractivity contribution < 1.29 is 53.8 Å². The summed E-state index contributed by atoms with van der Waals surface area (Å²) in [4.78, 5) is 42.0. The molecule has 0 aromatic rings. The Morgan fingerprint density at radius 3 is 0.986 bits per heavy atom. The molecular weight excluding hydrogens is 873 g/mol. The van der Waals surface area contributed by atoms with Crippen molar-refractivity contribution in [3.63, 3.8) is 0 Å². The average Bonchev–Trinajstić information content (AvgIpc) is 3.98. The van der Waals surface area contributed by atoms with Crippen molar-refractivity contribution in [2.45, 2.75) is 261 Å². The number of hydrogen-bond acceptors (Lipinski definition) is 9. The molecule has 0 aliphatic carbocycles. The van der Waals surface area contributed by atoms with Crippen LogP contribution in [0, 0.1) is 5.92 Å². The summed E-state index contributed by atoms with van der Waals surface area (Å²) in [6.07, 6.45) is 16.2. The van der Waals surface area contributed by atoms with Gasteiger partial charge in [0.05, 0.1) is 24.9 Å². The summed E-state index contributed by atoms with van der Waals surface area (Å²) in [6.45, 7) is 35.2. The van der Waals surface area contributed by atoms with Gasteiger partial charge in [-0.1, -0.05) is 186 Å². The van der Waals surface area contributed by atoms with Crippen LogP contribution >= 0.6 is 0 Å². The molecule has 0 amide bonds. The first-order valence-electron chi connectivity index (χ1n) is 21.0. The second kappa shape index (κ2) is 73.2. The van der Waals surface area contributed by atoms with Gasteiger partial charge in [-0.25, -0.2) is 0 Å². The summed E-state index contributed by atoms with van der Waals surface area (Å²) in [6, 6.07) is 0. The Morgan fingerprint density at radius 1 is 0.551 bits per heavy atom. The van der Waals surface area contributed by atoms with Gasteiger partial charge in [0, 0.05) is 0 Å². The van der Waals surface area contributed by atoms with Crippen LogP contribution < -0.4 is 0 Å². The van der Waals surface area contributed by atoms with E-state index < -0.39 is 48.9 Å². The Balaban J connectivity index is -0.0000000428. The fourth-order valence-corrected chi connectivity index (χ4v) is 3.53. The van der Waals surface area contributed by atoms with Crippen molar-refractivity contribution in [3.05, 3.63) is 70.4 Å². The third-order valence-corrected chi connectivity index (χ3v) is 8.37. The lowest BCUT2D eigenvalue weighted by Crippen LogP contribution is -2.23. The summed E-state index contributed by atoms with van der Waals surface area (Å²) in [5.41, 5.74) is 7.20. The van der Waals surface area contributed by atoms with Crippen molar-refractivity contribution in [1.29, 1.82) is 0 Å². The molecule has 0 aromatic heterocycles. The van der Waals surface area contributed by atoms with Crippen LogP contribution in [-0.4, -0.2) is 82.4 Å². The summed E-state index contributed by atoms with van der Waals surface area (Å²) in [5.74, 6) is -3.44. The van der Waals surface area contributed by atoms with Gasteiger partial charge in [-0.05, 0) is 113 Å². The van der Waals surface area contributed by atoms with E-state index in [1.54, 1.807) is 0 Å². The number of carbonyl (C=O) groups excluding carboxylic acids is 2. The molecule has 11 heteroatoms. The first kappa shape index (κ1) is 107. The highest BCUT2D eigenvalue weighted by molar-refractivity contribution is 5.91. The molecular formula is C58H126O11. The minimum absolute atomic E-state index is 0. The van der Waals surface area contributed by atoms with E-state index >= 15 is 0 Å². The zero-order valence-electron chi connectivity index (χ0n) is 39.7. The van der Waals surface area contributed by atoms with Crippen LogP contribution in [0.25, 0.3) is 0 Å². The first-order valence-corrected chi connectivity index (χ1v) is 21.0. The Labute approximate surface area is 433 Å². The first-order chi connectivity index (χ1) is 27.5. The van der Waals surface area contributed by atoms with Crippen molar-refractivity contribution in [2.24, 2.45) is 5.92 Å². The monoisotopic (exact) mass is 999 g/mol. The number of aliphatic hydroxyl groups is 2. The van der Waals surface area contributed by atoms with E-state index in [2.05, 4.69) is 93.2 Å². The topological polar surface area (TPSA) is 180 Å². The minimum Gasteiger partial charge on any atom is -0.481 e. The summed E-state index contributed by atoms with van der Waals surface area (Å²) in [7, 11) is 0. The van der Waals surface area contributed by atoms with Gasteiger partial charge in [0.2, 0.25) is 0 Å². The molecule has 1 aliphatic heterocycles. The highest BCUT2D eigenvalue weighted by atomic mass is 16.6. The normalized spacial score (nSPS) is 11.5. The van der Waals surface area contributed by atoms with Gasteiger partial charge in [0.25, 0.3) is 0 Å². The standard InChI is InChI=1S/C19H32O6.C8H14O.3C6H12.C3H4O4.10CH4/c1-12(2)14(5)7-16(20)10-24-18(22)9-19(23)25-11-17(21)8-15(6)13(3)4;1-6(2)7(3)4-8-5-9-8;1-4-6(3)5-2;2*1-3-5-6-4-2;4-2(5)1-3(6)7;;;;;;;;;;/h16-17,20-21H,7-11H2,1-6H3;8H,4-5H2,1-3H3;4,6H,1,5H2,2-3H3;2*5-6H,3-4H2,1-2H3;1H2,(H,4,5)(H,6,7);10*1H4/b;;;6-5+;6-5-;;;;;;;;;;;. The Morgan fingerprint density at radius 2 is 0.826 bits per heavy atom. The quantitative estimate of drug-likeness (QED) is 0.0394. The molecule has 1 saturated heterocycles. The number of rotatable bonds is 20. The molecule has 11 nitrogen and oxygen atoms in total. The lowest BCUT2D eigenvalue weighted by atomic mass is 10.1. The third kappa shape index (κ3) is 94.7. The molecule has 1 heterocycles. The predicted molar refractivity (Wildman–Crippen MR) is 311 cm³/mol. The fraction of sp³-hybridized carbons (Fsp3) is 0.724. The molecule has 1 rings (SSSR count). The predicted octanol–water partition coefficient (Wildman–Crippen LogP) is 17.7. The Bertz CT molecular complexity index is 1190. The number of carboxylic acids is 2. The molecule has 0 bridgehead atoms. The summed E-state index contributed by atoms with van der Waals surface area (Å²) >= 11 is 0. The second-order valence-corrected chi connectivity index (χ2v) is 14.9. The van der Waals surface area contributed by atoms with E-state index in [1.165, 1.54) is 43.3 Å². The van der Waals surface area contributed by atoms with Crippen LogP contribution in [0.4, 0.5) is 0 Å². The molecule has 1 aliphatic rings. The van der Waals surface area contributed by atoms with Crippen molar-refractivity contribution in [1.82, 2.24) is 0 Å². The van der Waals surface area contributed by atoms with Gasteiger partial charge in [-0.15, -0.1) is 6.58 Å². The van der Waals surface area contributed by atoms with Crippen molar-refractivity contribution in [3.8, 4) is 0 Å². The molecule has 0 spiro atoms. The number of aliphatic carboxylic acids is 2. The zero-order chi connectivity index (χ0) is 46.9. The van der Waals surface area contributed by atoms with E-state index in [9.17, 15) is 29.4 Å². The minimum atomic E-state index is -1.31. The molecule has 4 atom stereocenters. The molecule has 4 N–H and O–H groups in total. The fourth-order valence-electron chi connectivity index (χ4n) is 3.53. The second-order valence-electron chi connectivity index (χ2n) is 14.9. The van der Waals surface area contributed by atoms with Crippen LogP contribution in [0.3, 0.4) is 0 Å². The van der Waals surface area contributed by atoms with Gasteiger partial charge in [-0.3, -0.25) is 19.2 Å². The number of aliphatic hydroxyl groups excluding tert-OH is 2. The number of carboxylic acid groups (broad SMARTS) is 2. The van der Waals surface area contributed by atoms with Gasteiger partial charge in [0.15, 0.2) is 0 Å². The molecule has 1 fully saturated rings. The number of epoxide rings is 1. The Kier molecular flexibility index (Phi) is 113. The van der Waals surface area contributed by atoms with Crippen molar-refractivity contribution >= 4 is 23.9 Å². The largest absolute Gasteiger partial charge is 0.481 e. The average molecular weight is 1000 g/mol. The van der Waals surface area contributed by atoms with Crippen LogP contribution in [0.15, 0.2) is 70.4 Å². The number of esters is 2. The van der Waals surface area contributed by atoms with Gasteiger partial charge in [-0.2, -0.15) is 0 Å². The third-order valence-electron chi connectivity index (χ3n) is 8.37.